The van der Waals surface area contributed by atoms with E-state index in [1.807, 2.05) is 0 Å². The molecule has 0 aliphatic carbocycles. The molecule has 0 unspecified atom stereocenters. The van der Waals surface area contributed by atoms with Crippen LogP contribution >= 0.6 is 0 Å². The normalized spacial score (nSPS) is 29.6. The fourth-order valence-corrected chi connectivity index (χ4v) is 1.10. The second-order valence-corrected chi connectivity index (χ2v) is 2.87. The van der Waals surface area contributed by atoms with Crippen molar-refractivity contribution in [3.63, 3.8) is 0 Å². The molecule has 1 saturated heterocycles. The predicted octanol–water partition coefficient (Wildman–Crippen LogP) is -0.832. The minimum Gasteiger partial charge on any atom is -0.407 e. The molecule has 10 heavy (non-hydrogen) atoms. The summed E-state index contributed by atoms with van der Waals surface area (Å²) in [5.41, 5.74) is 0. The molecule has 1 rings (SSSR count). The zero-order chi connectivity index (χ0) is 7.83. The van der Waals surface area contributed by atoms with Crippen molar-refractivity contribution >= 4 is 31.4 Å². The first-order valence-electron chi connectivity index (χ1n) is 3.27. The Morgan fingerprint density at radius 1 is 0.900 bits per heavy atom. The van der Waals surface area contributed by atoms with Gasteiger partial charge < -0.3 is 4.74 Å². The standard InChI is InChI=1S/C5H6B4O/c6-4(7)2-1-3-5(8,9)10-4/h1-3H2. The Hall–Kier alpha value is 0.220. The molecule has 0 aromatic rings. The van der Waals surface area contributed by atoms with Crippen molar-refractivity contribution in [2.45, 2.75) is 30.1 Å². The minimum absolute atomic E-state index is 0.600. The van der Waals surface area contributed by atoms with Crippen LogP contribution in [-0.2, 0) is 4.74 Å². The molecule has 1 heterocycles. The lowest BCUT2D eigenvalue weighted by molar-refractivity contribution is -0.0135. The lowest BCUT2D eigenvalue weighted by atomic mass is 9.54. The monoisotopic (exact) mass is 126 g/mol. The Kier molecular flexibility index (Phi) is 1.97. The summed E-state index contributed by atoms with van der Waals surface area (Å²) in [6.45, 7) is 0. The highest BCUT2D eigenvalue weighted by molar-refractivity contribution is 6.42. The van der Waals surface area contributed by atoms with E-state index < -0.39 is 10.8 Å². The topological polar surface area (TPSA) is 9.23 Å². The van der Waals surface area contributed by atoms with Gasteiger partial charge in [-0.1, -0.05) is 6.42 Å². The molecule has 0 bridgehead atoms. The van der Waals surface area contributed by atoms with Crippen molar-refractivity contribution in [2.24, 2.45) is 0 Å². The van der Waals surface area contributed by atoms with Crippen LogP contribution in [-0.4, -0.2) is 42.2 Å². The van der Waals surface area contributed by atoms with Crippen LogP contribution in [0.3, 0.4) is 0 Å². The van der Waals surface area contributed by atoms with Crippen LogP contribution in [0.15, 0.2) is 0 Å². The average Bonchev–Trinajstić information content (AvgIpc) is 1.56. The van der Waals surface area contributed by atoms with Gasteiger partial charge in [-0.05, 0) is 23.6 Å². The molecular formula is C5H6B4O. The van der Waals surface area contributed by atoms with Gasteiger partial charge in [0.25, 0.3) is 0 Å². The maximum Gasteiger partial charge on any atom is 0.0992 e. The van der Waals surface area contributed by atoms with Crippen LogP contribution < -0.4 is 0 Å². The van der Waals surface area contributed by atoms with Gasteiger partial charge in [-0.25, -0.2) is 0 Å². The Balaban J connectivity index is 2.56. The van der Waals surface area contributed by atoms with E-state index in [-0.39, 0.29) is 0 Å². The quantitative estimate of drug-likeness (QED) is 0.384. The fraction of sp³-hybridized carbons (Fsp3) is 1.00. The molecule has 1 nitrogen and oxygen atoms in total. The van der Waals surface area contributed by atoms with Crippen LogP contribution in [0.4, 0.5) is 0 Å². The van der Waals surface area contributed by atoms with E-state index in [2.05, 4.69) is 0 Å². The van der Waals surface area contributed by atoms with Gasteiger partial charge in [0, 0.05) is 0 Å². The first-order chi connectivity index (χ1) is 4.41. The van der Waals surface area contributed by atoms with Gasteiger partial charge >= 0.3 is 0 Å². The first-order valence-corrected chi connectivity index (χ1v) is 3.27. The molecule has 0 atom stereocenters. The molecule has 0 aromatic heterocycles. The maximum absolute atomic E-state index is 5.45. The SMILES string of the molecule is [B]C1([B])CCCC([B])([B])O1. The summed E-state index contributed by atoms with van der Waals surface area (Å²) in [6, 6.07) is 0. The molecule has 1 aliphatic heterocycles. The van der Waals surface area contributed by atoms with Crippen LogP contribution in [0.5, 0.6) is 0 Å². The Labute approximate surface area is 66.9 Å². The number of rotatable bonds is 0. The van der Waals surface area contributed by atoms with Crippen LogP contribution in [0.25, 0.3) is 0 Å². The zero-order valence-corrected chi connectivity index (χ0v) is 5.84. The molecule has 1 aliphatic rings. The van der Waals surface area contributed by atoms with Gasteiger partial charge in [0.2, 0.25) is 0 Å². The van der Waals surface area contributed by atoms with Crippen molar-refractivity contribution in [2.75, 3.05) is 0 Å². The third-order valence-electron chi connectivity index (χ3n) is 1.52. The molecule has 0 saturated carbocycles. The molecule has 0 amide bonds. The van der Waals surface area contributed by atoms with Crippen molar-refractivity contribution in [3.05, 3.63) is 0 Å². The van der Waals surface area contributed by atoms with Crippen molar-refractivity contribution < 1.29 is 4.74 Å². The Morgan fingerprint density at radius 3 is 1.50 bits per heavy atom. The second-order valence-electron chi connectivity index (χ2n) is 2.87. The minimum atomic E-state index is -1.14. The van der Waals surface area contributed by atoms with E-state index in [9.17, 15) is 0 Å². The molecular weight excluding hydrogens is 119 g/mol. The number of hydrogen-bond acceptors (Lipinski definition) is 1. The number of hydrogen-bond donors (Lipinski definition) is 0. The first kappa shape index (κ1) is 8.32. The fourth-order valence-electron chi connectivity index (χ4n) is 1.10. The summed E-state index contributed by atoms with van der Waals surface area (Å²) in [7, 11) is 21.8. The van der Waals surface area contributed by atoms with E-state index in [1.54, 1.807) is 0 Å². The van der Waals surface area contributed by atoms with Gasteiger partial charge in [0.05, 0.1) is 31.4 Å². The summed E-state index contributed by atoms with van der Waals surface area (Å²) in [4.78, 5) is 0. The molecule has 0 N–H and O–H groups in total. The van der Waals surface area contributed by atoms with E-state index in [0.717, 1.165) is 6.42 Å². The molecule has 44 valence electrons. The third-order valence-corrected chi connectivity index (χ3v) is 1.52. The maximum atomic E-state index is 5.45. The predicted molar refractivity (Wildman–Crippen MR) is 43.4 cm³/mol. The summed E-state index contributed by atoms with van der Waals surface area (Å²) in [5.74, 6) is 0. The van der Waals surface area contributed by atoms with Gasteiger partial charge in [-0.15, -0.1) is 0 Å². The average molecular weight is 125 g/mol. The molecule has 5 heteroatoms. The molecule has 0 spiro atoms. The summed E-state index contributed by atoms with van der Waals surface area (Å²) in [5, 5.41) is -2.27. The van der Waals surface area contributed by atoms with Crippen molar-refractivity contribution in [3.8, 4) is 0 Å². The second kappa shape index (κ2) is 2.37. The lowest BCUT2D eigenvalue weighted by Crippen LogP contribution is -2.50. The molecule has 0 aromatic carbocycles. The highest BCUT2D eigenvalue weighted by Gasteiger charge is 2.31. The third kappa shape index (κ3) is 2.12. The van der Waals surface area contributed by atoms with Crippen LogP contribution in [0.1, 0.15) is 19.3 Å². The van der Waals surface area contributed by atoms with E-state index >= 15 is 0 Å². The highest BCUT2D eigenvalue weighted by Crippen LogP contribution is 2.27. The van der Waals surface area contributed by atoms with Crippen molar-refractivity contribution in [1.29, 1.82) is 0 Å². The largest absolute Gasteiger partial charge is 0.407 e. The molecule has 8 radical (unpaired) electrons. The van der Waals surface area contributed by atoms with Gasteiger partial charge in [0.1, 0.15) is 0 Å². The van der Waals surface area contributed by atoms with Crippen LogP contribution in [0, 0.1) is 0 Å². The molecule has 1 fully saturated rings. The zero-order valence-electron chi connectivity index (χ0n) is 5.84. The lowest BCUT2D eigenvalue weighted by Gasteiger charge is -2.43. The van der Waals surface area contributed by atoms with Gasteiger partial charge in [0.15, 0.2) is 0 Å². The Bertz CT molecular complexity index is 120. The highest BCUT2D eigenvalue weighted by atomic mass is 16.5. The van der Waals surface area contributed by atoms with Crippen molar-refractivity contribution in [1.82, 2.24) is 0 Å². The Morgan fingerprint density at radius 2 is 1.30 bits per heavy atom. The van der Waals surface area contributed by atoms with Crippen LogP contribution in [0.2, 0.25) is 0 Å². The van der Waals surface area contributed by atoms with E-state index in [0.29, 0.717) is 12.8 Å². The van der Waals surface area contributed by atoms with Gasteiger partial charge in [-0.2, -0.15) is 0 Å². The smallest absolute Gasteiger partial charge is 0.0992 e. The van der Waals surface area contributed by atoms with E-state index in [1.165, 1.54) is 0 Å². The number of ether oxygens (including phenoxy) is 1. The van der Waals surface area contributed by atoms with E-state index in [4.69, 9.17) is 36.1 Å². The van der Waals surface area contributed by atoms with Gasteiger partial charge in [-0.3, -0.25) is 0 Å². The summed E-state index contributed by atoms with van der Waals surface area (Å²) < 4.78 is 4.97. The summed E-state index contributed by atoms with van der Waals surface area (Å²) in [6.07, 6.45) is 2.01. The summed E-state index contributed by atoms with van der Waals surface area (Å²) >= 11 is 0.